The Labute approximate surface area is 613 Å². The summed E-state index contributed by atoms with van der Waals surface area (Å²) in [7, 11) is -9.92. The lowest BCUT2D eigenvalue weighted by atomic mass is 10.0. The number of hydrogen-bond donors (Lipinski definition) is 3. The zero-order valence-corrected chi connectivity index (χ0v) is 67.1. The van der Waals surface area contributed by atoms with Crippen LogP contribution in [-0.2, 0) is 65.4 Å². The van der Waals surface area contributed by atoms with Gasteiger partial charge in [-0.05, 0) is 31.6 Å². The van der Waals surface area contributed by atoms with E-state index in [1.165, 1.54) is 257 Å². The molecule has 17 nitrogen and oxygen atoms in total. The first-order valence-corrected chi connectivity index (χ1v) is 45.1. The van der Waals surface area contributed by atoms with E-state index in [-0.39, 0.29) is 25.7 Å². The van der Waals surface area contributed by atoms with Crippen LogP contribution in [-0.4, -0.2) is 96.7 Å². The zero-order chi connectivity index (χ0) is 73.4. The third-order valence-electron chi connectivity index (χ3n) is 19.0. The van der Waals surface area contributed by atoms with Gasteiger partial charge in [-0.3, -0.25) is 37.3 Å². The number of phosphoric acid groups is 2. The van der Waals surface area contributed by atoms with Crippen molar-refractivity contribution in [1.29, 1.82) is 0 Å². The Hall–Kier alpha value is -1.94. The first kappa shape index (κ1) is 98.1. The number of phosphoric ester groups is 2. The molecule has 0 fully saturated rings. The maximum absolute atomic E-state index is 13.1. The zero-order valence-electron chi connectivity index (χ0n) is 65.3. The molecule has 0 radical (unpaired) electrons. The molecular formula is C81H158O17P2. The van der Waals surface area contributed by atoms with Crippen LogP contribution in [0, 0.1) is 5.92 Å². The van der Waals surface area contributed by atoms with Crippen molar-refractivity contribution in [3.05, 3.63) is 0 Å². The maximum atomic E-state index is 13.1. The second kappa shape index (κ2) is 73.9. The van der Waals surface area contributed by atoms with Crippen molar-refractivity contribution in [2.75, 3.05) is 39.6 Å². The average Bonchev–Trinajstić information content (AvgIpc) is 0.952. The van der Waals surface area contributed by atoms with Gasteiger partial charge in [-0.1, -0.05) is 381 Å². The number of unbranched alkanes of at least 4 members (excludes halogenated alkanes) is 53. The number of carbonyl (C=O) groups excluding carboxylic acids is 4. The van der Waals surface area contributed by atoms with Gasteiger partial charge in [0.2, 0.25) is 0 Å². The number of esters is 4. The smallest absolute Gasteiger partial charge is 0.462 e. The Morgan fingerprint density at radius 3 is 0.680 bits per heavy atom. The van der Waals surface area contributed by atoms with Crippen molar-refractivity contribution >= 4 is 39.5 Å². The fourth-order valence-electron chi connectivity index (χ4n) is 12.6. The van der Waals surface area contributed by atoms with Gasteiger partial charge in [0.15, 0.2) is 12.2 Å². The molecule has 0 aliphatic heterocycles. The summed E-state index contributed by atoms with van der Waals surface area (Å²) in [5.41, 5.74) is 0. The molecule has 594 valence electrons. The van der Waals surface area contributed by atoms with Crippen molar-refractivity contribution < 1.29 is 80.2 Å². The molecule has 0 heterocycles. The van der Waals surface area contributed by atoms with Crippen molar-refractivity contribution in [1.82, 2.24) is 0 Å². The summed E-state index contributed by atoms with van der Waals surface area (Å²) in [5.74, 6) is -1.30. The predicted molar refractivity (Wildman–Crippen MR) is 409 cm³/mol. The molecule has 0 aliphatic rings. The van der Waals surface area contributed by atoms with Gasteiger partial charge in [0.05, 0.1) is 26.4 Å². The molecular weight excluding hydrogens is 1310 g/mol. The fraction of sp³-hybridized carbons (Fsp3) is 0.951. The average molecular weight is 1470 g/mol. The minimum atomic E-state index is -4.96. The topological polar surface area (TPSA) is 237 Å². The Balaban J connectivity index is 5.22. The Kier molecular flexibility index (Phi) is 72.5. The van der Waals surface area contributed by atoms with Gasteiger partial charge in [-0.2, -0.15) is 0 Å². The van der Waals surface area contributed by atoms with Crippen LogP contribution in [0.25, 0.3) is 0 Å². The molecule has 0 saturated carbocycles. The first-order chi connectivity index (χ1) is 48.5. The van der Waals surface area contributed by atoms with Crippen LogP contribution in [0.4, 0.5) is 0 Å². The lowest BCUT2D eigenvalue weighted by Gasteiger charge is -2.21. The van der Waals surface area contributed by atoms with Crippen LogP contribution in [0.5, 0.6) is 0 Å². The third kappa shape index (κ3) is 74.3. The molecule has 0 aromatic rings. The number of rotatable bonds is 81. The second-order valence-corrected chi connectivity index (χ2v) is 32.5. The lowest BCUT2D eigenvalue weighted by Crippen LogP contribution is -2.30. The highest BCUT2D eigenvalue weighted by molar-refractivity contribution is 7.47. The van der Waals surface area contributed by atoms with E-state index in [2.05, 4.69) is 34.6 Å². The Bertz CT molecular complexity index is 1910. The fourth-order valence-corrected chi connectivity index (χ4v) is 14.2. The monoisotopic (exact) mass is 1470 g/mol. The van der Waals surface area contributed by atoms with E-state index in [1.54, 1.807) is 0 Å². The van der Waals surface area contributed by atoms with Crippen LogP contribution in [0.2, 0.25) is 0 Å². The van der Waals surface area contributed by atoms with Crippen molar-refractivity contribution in [3.8, 4) is 0 Å². The van der Waals surface area contributed by atoms with Gasteiger partial charge >= 0.3 is 39.5 Å². The quantitative estimate of drug-likeness (QED) is 0.0222. The third-order valence-corrected chi connectivity index (χ3v) is 20.9. The molecule has 2 unspecified atom stereocenters. The molecule has 0 rings (SSSR count). The molecule has 0 spiro atoms. The van der Waals surface area contributed by atoms with Gasteiger partial charge in [0, 0.05) is 25.7 Å². The SMILES string of the molecule is CCCCCCCCCCCCCCCCCCCCCC(=O)O[C@H](COC(=O)CCCCCCCCCCCCCCCCCC(C)C)COP(=O)(O)OC[C@@H](O)COP(=O)(O)OC[C@@H](COC(=O)CCCCCCCCCCCC)OC(=O)CCCCCCCCCCCCCCC. The van der Waals surface area contributed by atoms with Crippen molar-refractivity contribution in [2.45, 2.75) is 451 Å². The summed E-state index contributed by atoms with van der Waals surface area (Å²) >= 11 is 0. The van der Waals surface area contributed by atoms with E-state index < -0.39 is 97.5 Å². The van der Waals surface area contributed by atoms with Crippen LogP contribution in [0.1, 0.15) is 433 Å². The van der Waals surface area contributed by atoms with Crippen molar-refractivity contribution in [2.24, 2.45) is 5.92 Å². The summed E-state index contributed by atoms with van der Waals surface area (Å²) in [4.78, 5) is 73.0. The van der Waals surface area contributed by atoms with Crippen molar-refractivity contribution in [3.63, 3.8) is 0 Å². The molecule has 0 bridgehead atoms. The highest BCUT2D eigenvalue weighted by Gasteiger charge is 2.30. The maximum Gasteiger partial charge on any atom is 0.472 e. The molecule has 0 saturated heterocycles. The molecule has 5 atom stereocenters. The van der Waals surface area contributed by atoms with Gasteiger partial charge in [0.1, 0.15) is 19.3 Å². The molecule has 0 aromatic heterocycles. The molecule has 0 aliphatic carbocycles. The standard InChI is InChI=1S/C81H158O17P2/c1-6-9-12-15-18-21-24-26-27-28-29-30-33-38-42-47-52-57-62-67-81(86)98-77(71-92-79(84)65-60-55-50-45-40-37-34-31-32-36-39-43-48-53-58-63-74(4)5)73-96-100(89,90)94-69-75(82)68-93-99(87,88)95-72-76(70-91-78(83)64-59-54-49-44-23-20-17-14-11-8-3)97-80(85)66-61-56-51-46-41-35-25-22-19-16-13-10-7-2/h74-77,82H,6-73H2,1-5H3,(H,87,88)(H,89,90)/t75-,76+,77+/m0/s1. The Morgan fingerprint density at radius 1 is 0.270 bits per heavy atom. The lowest BCUT2D eigenvalue weighted by molar-refractivity contribution is -0.161. The second-order valence-electron chi connectivity index (χ2n) is 29.6. The molecule has 0 amide bonds. The number of hydrogen-bond acceptors (Lipinski definition) is 15. The van der Waals surface area contributed by atoms with Gasteiger partial charge in [-0.15, -0.1) is 0 Å². The molecule has 19 heteroatoms. The highest BCUT2D eigenvalue weighted by atomic mass is 31.2. The minimum absolute atomic E-state index is 0.108. The van der Waals surface area contributed by atoms with E-state index in [0.29, 0.717) is 25.7 Å². The first-order valence-electron chi connectivity index (χ1n) is 42.1. The van der Waals surface area contributed by atoms with Gasteiger partial charge < -0.3 is 33.8 Å². The predicted octanol–water partition coefficient (Wildman–Crippen LogP) is 24.4. The molecule has 0 aromatic carbocycles. The normalized spacial score (nSPS) is 13.8. The summed E-state index contributed by atoms with van der Waals surface area (Å²) in [6.45, 7) is 7.35. The summed E-state index contributed by atoms with van der Waals surface area (Å²) < 4.78 is 68.7. The van der Waals surface area contributed by atoms with Crippen LogP contribution in [0.3, 0.4) is 0 Å². The summed E-state index contributed by atoms with van der Waals surface area (Å²) in [6, 6.07) is 0. The summed E-state index contributed by atoms with van der Waals surface area (Å²) in [6.07, 6.45) is 65.1. The van der Waals surface area contributed by atoms with E-state index in [9.17, 15) is 43.2 Å². The van der Waals surface area contributed by atoms with Crippen LogP contribution in [0.15, 0.2) is 0 Å². The van der Waals surface area contributed by atoms with E-state index >= 15 is 0 Å². The van der Waals surface area contributed by atoms with Crippen LogP contribution >= 0.6 is 15.6 Å². The number of ether oxygens (including phenoxy) is 4. The molecule has 100 heavy (non-hydrogen) atoms. The largest absolute Gasteiger partial charge is 0.472 e. The minimum Gasteiger partial charge on any atom is -0.462 e. The van der Waals surface area contributed by atoms with Gasteiger partial charge in [0.25, 0.3) is 0 Å². The summed E-state index contributed by atoms with van der Waals surface area (Å²) in [5, 5.41) is 10.6. The number of aliphatic hydroxyl groups excluding tert-OH is 1. The van der Waals surface area contributed by atoms with Crippen LogP contribution < -0.4 is 0 Å². The van der Waals surface area contributed by atoms with Gasteiger partial charge in [-0.25, -0.2) is 9.13 Å². The number of carbonyl (C=O) groups is 4. The molecule has 3 N–H and O–H groups in total. The highest BCUT2D eigenvalue weighted by Crippen LogP contribution is 2.45. The Morgan fingerprint density at radius 2 is 0.460 bits per heavy atom. The van der Waals surface area contributed by atoms with E-state index in [0.717, 1.165) is 95.8 Å². The van der Waals surface area contributed by atoms with E-state index in [1.807, 2.05) is 0 Å². The number of aliphatic hydroxyl groups is 1. The van der Waals surface area contributed by atoms with E-state index in [4.69, 9.17) is 37.0 Å².